The smallest absolute Gasteiger partial charge is 0.197 e. The zero-order chi connectivity index (χ0) is 13.8. The average molecular weight is 271 g/mol. The van der Waals surface area contributed by atoms with Gasteiger partial charge >= 0.3 is 0 Å². The van der Waals surface area contributed by atoms with Crippen LogP contribution in [0, 0.1) is 0 Å². The first-order valence-corrected chi connectivity index (χ1v) is 7.53. The van der Waals surface area contributed by atoms with Crippen LogP contribution in [0.1, 0.15) is 50.6 Å². The first-order valence-electron chi connectivity index (χ1n) is 7.53. The Hall–Kier alpha value is -1.84. The van der Waals surface area contributed by atoms with E-state index >= 15 is 0 Å². The summed E-state index contributed by atoms with van der Waals surface area (Å²) >= 11 is 0. The quantitative estimate of drug-likeness (QED) is 0.884. The Morgan fingerprint density at radius 1 is 1.30 bits per heavy atom. The van der Waals surface area contributed by atoms with Crippen molar-refractivity contribution in [3.63, 3.8) is 0 Å². The van der Waals surface area contributed by atoms with Crippen LogP contribution in [0.3, 0.4) is 0 Å². The predicted molar refractivity (Wildman–Crippen MR) is 79.7 cm³/mol. The Morgan fingerprint density at radius 3 is 2.85 bits per heavy atom. The SMILES string of the molecule is CCCNc1cc(C2CCCC2)nc(-c2ccco2)n1. The van der Waals surface area contributed by atoms with Crippen LogP contribution in [-0.2, 0) is 0 Å². The van der Waals surface area contributed by atoms with Gasteiger partial charge in [0.1, 0.15) is 5.82 Å². The molecule has 1 N–H and O–H groups in total. The molecule has 0 saturated heterocycles. The number of furan rings is 1. The number of nitrogens with zero attached hydrogens (tertiary/aromatic N) is 2. The molecule has 1 saturated carbocycles. The predicted octanol–water partition coefficient (Wildman–Crippen LogP) is 4.22. The van der Waals surface area contributed by atoms with Gasteiger partial charge in [-0.15, -0.1) is 0 Å². The Kier molecular flexibility index (Phi) is 4.00. The fraction of sp³-hybridized carbons (Fsp3) is 0.500. The summed E-state index contributed by atoms with van der Waals surface area (Å²) in [6.07, 6.45) is 7.84. The highest BCUT2D eigenvalue weighted by Crippen LogP contribution is 2.34. The lowest BCUT2D eigenvalue weighted by Gasteiger charge is -2.12. The third kappa shape index (κ3) is 2.84. The molecule has 0 aliphatic heterocycles. The highest BCUT2D eigenvalue weighted by molar-refractivity contribution is 5.51. The van der Waals surface area contributed by atoms with E-state index in [0.29, 0.717) is 11.7 Å². The molecule has 0 spiro atoms. The van der Waals surface area contributed by atoms with E-state index in [1.54, 1.807) is 6.26 Å². The van der Waals surface area contributed by atoms with E-state index in [4.69, 9.17) is 9.40 Å². The Morgan fingerprint density at radius 2 is 2.15 bits per heavy atom. The molecular formula is C16H21N3O. The van der Waals surface area contributed by atoms with Crippen LogP contribution in [0.2, 0.25) is 0 Å². The van der Waals surface area contributed by atoms with Gasteiger partial charge in [-0.25, -0.2) is 9.97 Å². The van der Waals surface area contributed by atoms with E-state index in [9.17, 15) is 0 Å². The molecule has 3 rings (SSSR count). The molecule has 2 heterocycles. The monoisotopic (exact) mass is 271 g/mol. The highest BCUT2D eigenvalue weighted by atomic mass is 16.3. The topological polar surface area (TPSA) is 51.0 Å². The molecule has 0 atom stereocenters. The molecule has 0 bridgehead atoms. The molecule has 106 valence electrons. The van der Waals surface area contributed by atoms with E-state index < -0.39 is 0 Å². The van der Waals surface area contributed by atoms with Crippen molar-refractivity contribution in [2.24, 2.45) is 0 Å². The lowest BCUT2D eigenvalue weighted by Crippen LogP contribution is -2.07. The standard InChI is InChI=1S/C16H21N3O/c1-2-9-17-15-11-13(12-6-3-4-7-12)18-16(19-15)14-8-5-10-20-14/h5,8,10-12H,2-4,6-7,9H2,1H3,(H,17,18,19). The summed E-state index contributed by atoms with van der Waals surface area (Å²) in [6.45, 7) is 3.08. The molecule has 1 fully saturated rings. The first-order chi connectivity index (χ1) is 9.86. The van der Waals surface area contributed by atoms with Crippen molar-refractivity contribution in [2.45, 2.75) is 44.9 Å². The zero-order valence-corrected chi connectivity index (χ0v) is 11.9. The lowest BCUT2D eigenvalue weighted by atomic mass is 10.0. The maximum Gasteiger partial charge on any atom is 0.197 e. The minimum absolute atomic E-state index is 0.578. The largest absolute Gasteiger partial charge is 0.461 e. The van der Waals surface area contributed by atoms with Crippen LogP contribution >= 0.6 is 0 Å². The van der Waals surface area contributed by atoms with Crippen molar-refractivity contribution >= 4 is 5.82 Å². The van der Waals surface area contributed by atoms with Crippen LogP contribution in [0.4, 0.5) is 5.82 Å². The summed E-state index contributed by atoms with van der Waals surface area (Å²) in [5, 5.41) is 3.37. The Balaban J connectivity index is 1.94. The van der Waals surface area contributed by atoms with E-state index in [1.165, 1.54) is 25.7 Å². The van der Waals surface area contributed by atoms with Crippen LogP contribution in [-0.4, -0.2) is 16.5 Å². The first kappa shape index (κ1) is 13.2. The Labute approximate surface area is 119 Å². The van der Waals surface area contributed by atoms with Gasteiger partial charge < -0.3 is 9.73 Å². The number of aromatic nitrogens is 2. The summed E-state index contributed by atoms with van der Waals surface area (Å²) in [6, 6.07) is 5.90. The molecular weight excluding hydrogens is 250 g/mol. The van der Waals surface area contributed by atoms with Crippen molar-refractivity contribution < 1.29 is 4.42 Å². The van der Waals surface area contributed by atoms with Crippen molar-refractivity contribution in [3.05, 3.63) is 30.2 Å². The number of hydrogen-bond acceptors (Lipinski definition) is 4. The lowest BCUT2D eigenvalue weighted by molar-refractivity contribution is 0.575. The van der Waals surface area contributed by atoms with Crippen LogP contribution in [0.25, 0.3) is 11.6 Å². The maximum absolute atomic E-state index is 5.44. The highest BCUT2D eigenvalue weighted by Gasteiger charge is 2.20. The summed E-state index contributed by atoms with van der Waals surface area (Å²) in [5.41, 5.74) is 1.16. The van der Waals surface area contributed by atoms with Gasteiger partial charge in [-0.1, -0.05) is 19.8 Å². The third-order valence-electron chi connectivity index (χ3n) is 3.82. The number of nitrogens with one attached hydrogen (secondary N) is 1. The van der Waals surface area contributed by atoms with Crippen molar-refractivity contribution in [1.29, 1.82) is 0 Å². The molecule has 20 heavy (non-hydrogen) atoms. The van der Waals surface area contributed by atoms with Crippen molar-refractivity contribution in [1.82, 2.24) is 9.97 Å². The number of hydrogen-bond donors (Lipinski definition) is 1. The minimum atomic E-state index is 0.578. The van der Waals surface area contributed by atoms with E-state index in [1.807, 2.05) is 12.1 Å². The second-order valence-corrected chi connectivity index (χ2v) is 5.39. The van der Waals surface area contributed by atoms with E-state index in [2.05, 4.69) is 23.3 Å². The summed E-state index contributed by atoms with van der Waals surface area (Å²) < 4.78 is 5.44. The Bertz CT molecular complexity index is 545. The third-order valence-corrected chi connectivity index (χ3v) is 3.82. The van der Waals surface area contributed by atoms with Gasteiger partial charge in [0.2, 0.25) is 0 Å². The van der Waals surface area contributed by atoms with Crippen molar-refractivity contribution in [3.8, 4) is 11.6 Å². The zero-order valence-electron chi connectivity index (χ0n) is 11.9. The average Bonchev–Trinajstić information content (AvgIpc) is 3.17. The second-order valence-electron chi connectivity index (χ2n) is 5.39. The second kappa shape index (κ2) is 6.07. The molecule has 4 nitrogen and oxygen atoms in total. The molecule has 0 unspecified atom stereocenters. The van der Waals surface area contributed by atoms with Gasteiger partial charge in [-0.2, -0.15) is 0 Å². The maximum atomic E-state index is 5.44. The summed E-state index contributed by atoms with van der Waals surface area (Å²) in [5.74, 6) is 2.92. The van der Waals surface area contributed by atoms with Crippen LogP contribution < -0.4 is 5.32 Å². The molecule has 1 aliphatic carbocycles. The fourth-order valence-corrected chi connectivity index (χ4v) is 2.76. The van der Waals surface area contributed by atoms with Crippen molar-refractivity contribution in [2.75, 3.05) is 11.9 Å². The van der Waals surface area contributed by atoms with Gasteiger partial charge in [0.05, 0.1) is 6.26 Å². The summed E-state index contributed by atoms with van der Waals surface area (Å²) in [4.78, 5) is 9.29. The van der Waals surface area contributed by atoms with E-state index in [0.717, 1.165) is 30.2 Å². The van der Waals surface area contributed by atoms with Crippen LogP contribution in [0.5, 0.6) is 0 Å². The molecule has 1 aliphatic rings. The number of rotatable bonds is 5. The van der Waals surface area contributed by atoms with Gasteiger partial charge in [0.25, 0.3) is 0 Å². The normalized spacial score (nSPS) is 15.7. The fourth-order valence-electron chi connectivity index (χ4n) is 2.76. The molecule has 0 radical (unpaired) electrons. The summed E-state index contributed by atoms with van der Waals surface area (Å²) in [7, 11) is 0. The molecule has 2 aromatic rings. The van der Waals surface area contributed by atoms with Gasteiger partial charge in [-0.05, 0) is 31.4 Å². The minimum Gasteiger partial charge on any atom is -0.461 e. The number of anilines is 1. The molecule has 0 aromatic carbocycles. The van der Waals surface area contributed by atoms with Gasteiger partial charge in [-0.3, -0.25) is 0 Å². The molecule has 2 aromatic heterocycles. The van der Waals surface area contributed by atoms with Crippen LogP contribution in [0.15, 0.2) is 28.9 Å². The van der Waals surface area contributed by atoms with E-state index in [-0.39, 0.29) is 0 Å². The van der Waals surface area contributed by atoms with Gasteiger partial charge in [0, 0.05) is 24.2 Å². The molecule has 0 amide bonds. The van der Waals surface area contributed by atoms with Gasteiger partial charge in [0.15, 0.2) is 11.6 Å². The molecule has 4 heteroatoms.